The second-order valence-electron chi connectivity index (χ2n) is 7.95. The van der Waals surface area contributed by atoms with Crippen LogP contribution >= 0.6 is 22.7 Å². The number of benzene rings is 2. The summed E-state index contributed by atoms with van der Waals surface area (Å²) in [7, 11) is 0. The van der Waals surface area contributed by atoms with Crippen molar-refractivity contribution in [3.8, 4) is 5.75 Å². The van der Waals surface area contributed by atoms with Gasteiger partial charge >= 0.3 is 11.7 Å². The Labute approximate surface area is 217 Å². The van der Waals surface area contributed by atoms with Gasteiger partial charge in [-0.1, -0.05) is 53.8 Å². The number of esters is 1. The lowest BCUT2D eigenvalue weighted by atomic mass is 9.97. The molecule has 1 N–H and O–H groups in total. The zero-order chi connectivity index (χ0) is 26.1. The van der Waals surface area contributed by atoms with E-state index in [1.807, 2.05) is 47.8 Å². The van der Waals surface area contributed by atoms with Crippen LogP contribution in [0.4, 0.5) is 5.69 Å². The number of thiophene rings is 1. The van der Waals surface area contributed by atoms with Gasteiger partial charge in [-0.05, 0) is 36.1 Å². The lowest BCUT2D eigenvalue weighted by Crippen LogP contribution is -2.39. The standard InChI is InChI=1S/C26H19N3O6S2/c1-2-35-25(32)21-22(16-7-4-3-5-8-16)27-26-28(23(21)19-9-6-12-36-19)24(31)20(37-26)14-15-10-11-18(30)17(13-15)29(33)34/h3-14,23,30H,2H2,1H3. The van der Waals surface area contributed by atoms with Crippen molar-refractivity contribution in [3.63, 3.8) is 0 Å². The van der Waals surface area contributed by atoms with Crippen LogP contribution in [0.15, 0.2) is 81.4 Å². The lowest BCUT2D eigenvalue weighted by Gasteiger charge is -2.24. The van der Waals surface area contributed by atoms with Gasteiger partial charge in [-0.2, -0.15) is 0 Å². The molecule has 0 radical (unpaired) electrons. The zero-order valence-corrected chi connectivity index (χ0v) is 21.0. The molecular weight excluding hydrogens is 514 g/mol. The average molecular weight is 534 g/mol. The number of ether oxygens (including phenoxy) is 1. The summed E-state index contributed by atoms with van der Waals surface area (Å²) < 4.78 is 7.15. The van der Waals surface area contributed by atoms with E-state index in [0.29, 0.717) is 21.6 Å². The number of nitrogens with zero attached hydrogens (tertiary/aromatic N) is 3. The van der Waals surface area contributed by atoms with E-state index in [4.69, 9.17) is 9.73 Å². The van der Waals surface area contributed by atoms with Crippen LogP contribution in [0.5, 0.6) is 5.75 Å². The van der Waals surface area contributed by atoms with Gasteiger partial charge in [0.2, 0.25) is 0 Å². The average Bonchev–Trinajstić information content (AvgIpc) is 3.53. The Morgan fingerprint density at radius 3 is 2.68 bits per heavy atom. The first-order valence-electron chi connectivity index (χ1n) is 11.2. The molecule has 9 nitrogen and oxygen atoms in total. The second-order valence-corrected chi connectivity index (χ2v) is 9.94. The second kappa shape index (κ2) is 9.96. The number of carbonyl (C=O) groups is 1. The van der Waals surface area contributed by atoms with Crippen LogP contribution in [-0.2, 0) is 9.53 Å². The summed E-state index contributed by atoms with van der Waals surface area (Å²) in [5.74, 6) is -1.03. The molecule has 2 aromatic carbocycles. The van der Waals surface area contributed by atoms with Gasteiger partial charge in [-0.25, -0.2) is 9.79 Å². The Morgan fingerprint density at radius 2 is 2.00 bits per heavy atom. The van der Waals surface area contributed by atoms with E-state index < -0.39 is 33.9 Å². The number of carbonyl (C=O) groups excluding carboxylic acids is 1. The number of aromatic nitrogens is 1. The summed E-state index contributed by atoms with van der Waals surface area (Å²) in [5.41, 5.74) is 0.898. The van der Waals surface area contributed by atoms with Gasteiger partial charge in [0.1, 0.15) is 6.04 Å². The number of hydrogen-bond donors (Lipinski definition) is 1. The first kappa shape index (κ1) is 24.3. The summed E-state index contributed by atoms with van der Waals surface area (Å²) in [6.07, 6.45) is 1.51. The molecule has 0 fully saturated rings. The largest absolute Gasteiger partial charge is 0.502 e. The molecule has 1 atom stereocenters. The van der Waals surface area contributed by atoms with Crippen molar-refractivity contribution >= 4 is 46.1 Å². The number of phenols is 1. The quantitative estimate of drug-likeness (QED) is 0.229. The Hall–Kier alpha value is -4.35. The summed E-state index contributed by atoms with van der Waals surface area (Å²) in [6, 6.07) is 16.0. The molecule has 0 bridgehead atoms. The molecule has 4 aromatic rings. The van der Waals surface area contributed by atoms with Crippen molar-refractivity contribution in [3.05, 3.63) is 117 Å². The molecule has 1 aliphatic heterocycles. The third kappa shape index (κ3) is 4.50. The van der Waals surface area contributed by atoms with Crippen LogP contribution in [0.2, 0.25) is 0 Å². The summed E-state index contributed by atoms with van der Waals surface area (Å²) in [6.45, 7) is 1.87. The van der Waals surface area contributed by atoms with Crippen molar-refractivity contribution in [1.82, 2.24) is 4.57 Å². The number of phenolic OH excluding ortho intramolecular Hbond substituents is 1. The van der Waals surface area contributed by atoms with E-state index in [1.54, 1.807) is 6.92 Å². The first-order chi connectivity index (χ1) is 17.9. The predicted molar refractivity (Wildman–Crippen MR) is 140 cm³/mol. The van der Waals surface area contributed by atoms with Crippen molar-refractivity contribution in [2.24, 2.45) is 4.99 Å². The molecule has 3 heterocycles. The third-order valence-electron chi connectivity index (χ3n) is 5.68. The van der Waals surface area contributed by atoms with E-state index in [-0.39, 0.29) is 16.7 Å². The smallest absolute Gasteiger partial charge is 0.338 e. The fourth-order valence-electron chi connectivity index (χ4n) is 4.08. The lowest BCUT2D eigenvalue weighted by molar-refractivity contribution is -0.385. The van der Waals surface area contributed by atoms with Crippen LogP contribution in [0.3, 0.4) is 0 Å². The molecule has 2 aromatic heterocycles. The fraction of sp³-hybridized carbons (Fsp3) is 0.115. The van der Waals surface area contributed by atoms with Crippen LogP contribution in [0.25, 0.3) is 11.8 Å². The molecule has 186 valence electrons. The maximum Gasteiger partial charge on any atom is 0.338 e. The molecule has 1 aliphatic rings. The Morgan fingerprint density at radius 1 is 1.22 bits per heavy atom. The minimum Gasteiger partial charge on any atom is -0.502 e. The number of aromatic hydroxyl groups is 1. The number of nitro groups is 1. The monoisotopic (exact) mass is 533 g/mol. The van der Waals surface area contributed by atoms with Crippen molar-refractivity contribution in [2.45, 2.75) is 13.0 Å². The molecule has 1 unspecified atom stereocenters. The normalized spacial score (nSPS) is 15.3. The van der Waals surface area contributed by atoms with Crippen LogP contribution in [-0.4, -0.2) is 27.2 Å². The zero-order valence-electron chi connectivity index (χ0n) is 19.4. The molecule has 37 heavy (non-hydrogen) atoms. The minimum atomic E-state index is -0.762. The Bertz CT molecular complexity index is 1720. The highest BCUT2D eigenvalue weighted by Crippen LogP contribution is 2.36. The molecule has 0 saturated heterocycles. The summed E-state index contributed by atoms with van der Waals surface area (Å²) in [4.78, 5) is 43.5. The van der Waals surface area contributed by atoms with Gasteiger partial charge < -0.3 is 9.84 Å². The van der Waals surface area contributed by atoms with Gasteiger partial charge in [-0.15, -0.1) is 11.3 Å². The van der Waals surface area contributed by atoms with E-state index >= 15 is 0 Å². The van der Waals surface area contributed by atoms with Crippen LogP contribution < -0.4 is 14.9 Å². The first-order valence-corrected chi connectivity index (χ1v) is 12.9. The van der Waals surface area contributed by atoms with Crippen molar-refractivity contribution in [2.75, 3.05) is 6.61 Å². The predicted octanol–water partition coefficient (Wildman–Crippen LogP) is 3.61. The van der Waals surface area contributed by atoms with Gasteiger partial charge in [0.05, 0.1) is 27.3 Å². The number of fused-ring (bicyclic) bond motifs is 1. The third-order valence-corrected chi connectivity index (χ3v) is 7.59. The van der Waals surface area contributed by atoms with Gasteiger partial charge in [0.15, 0.2) is 10.6 Å². The van der Waals surface area contributed by atoms with E-state index in [1.165, 1.54) is 40.2 Å². The maximum atomic E-state index is 13.7. The summed E-state index contributed by atoms with van der Waals surface area (Å²) >= 11 is 2.52. The molecular formula is C26H19N3O6S2. The number of rotatable bonds is 6. The van der Waals surface area contributed by atoms with E-state index in [9.17, 15) is 24.8 Å². The number of thiazole rings is 1. The van der Waals surface area contributed by atoms with Crippen LogP contribution in [0.1, 0.15) is 29.0 Å². The van der Waals surface area contributed by atoms with Crippen molar-refractivity contribution in [1.29, 1.82) is 0 Å². The van der Waals surface area contributed by atoms with Gasteiger partial charge in [0, 0.05) is 16.5 Å². The molecule has 0 spiro atoms. The fourth-order valence-corrected chi connectivity index (χ4v) is 5.91. The van der Waals surface area contributed by atoms with Gasteiger partial charge in [-0.3, -0.25) is 19.5 Å². The SMILES string of the molecule is CCOC(=O)C1=C(c2ccccc2)N=c2sc(=Cc3ccc(O)c([N+](=O)[O-])c3)c(=O)n2C1c1cccs1. The summed E-state index contributed by atoms with van der Waals surface area (Å²) in [5, 5.41) is 22.9. The van der Waals surface area contributed by atoms with E-state index in [2.05, 4.69) is 0 Å². The molecule has 0 aliphatic carbocycles. The molecule has 0 saturated carbocycles. The Balaban J connectivity index is 1.79. The Kier molecular flexibility index (Phi) is 6.55. The highest BCUT2D eigenvalue weighted by atomic mass is 32.1. The molecule has 5 rings (SSSR count). The number of hydrogen-bond acceptors (Lipinski definition) is 9. The molecule has 0 amide bonds. The maximum absolute atomic E-state index is 13.7. The van der Waals surface area contributed by atoms with Crippen LogP contribution in [0, 0.1) is 10.1 Å². The van der Waals surface area contributed by atoms with Gasteiger partial charge in [0.25, 0.3) is 5.56 Å². The minimum absolute atomic E-state index is 0.158. The topological polar surface area (TPSA) is 124 Å². The van der Waals surface area contributed by atoms with Crippen molar-refractivity contribution < 1.29 is 19.6 Å². The molecule has 11 heteroatoms. The number of nitro benzene ring substituents is 1. The highest BCUT2D eigenvalue weighted by molar-refractivity contribution is 7.10. The highest BCUT2D eigenvalue weighted by Gasteiger charge is 2.35. The van der Waals surface area contributed by atoms with E-state index in [0.717, 1.165) is 16.2 Å².